The lowest BCUT2D eigenvalue weighted by Gasteiger charge is -2.16. The molecule has 1 aromatic carbocycles. The number of hydrogen-bond donors (Lipinski definition) is 2. The fourth-order valence-corrected chi connectivity index (χ4v) is 3.76. The van der Waals surface area contributed by atoms with Gasteiger partial charge in [0, 0.05) is 32.7 Å². The zero-order chi connectivity index (χ0) is 22.4. The summed E-state index contributed by atoms with van der Waals surface area (Å²) in [6, 6.07) is 14.1. The number of ether oxygens (including phenoxy) is 1. The minimum atomic E-state index is 0.542. The van der Waals surface area contributed by atoms with Crippen molar-refractivity contribution in [1.82, 2.24) is 9.88 Å². The lowest BCUT2D eigenvalue weighted by molar-refractivity contribution is 0.224. The Balaban J connectivity index is 0.00000106. The molecule has 30 heavy (non-hydrogen) atoms. The number of nitrogens with zero attached hydrogens (tertiary/aromatic N) is 3. The number of aliphatic hydroxyl groups is 1. The molecule has 1 aliphatic rings. The van der Waals surface area contributed by atoms with Crippen LogP contribution in [0.25, 0.3) is 0 Å². The van der Waals surface area contributed by atoms with Crippen LogP contribution in [0.2, 0.25) is 0 Å². The second-order valence-corrected chi connectivity index (χ2v) is 7.73. The SMILES string of the molecule is CN.CO.CSc1ccc(OC[C@@H]2CN(CCc3cccc(C#N)c3)CC2C)cn1. The number of likely N-dealkylation sites (tertiary alicyclic amines) is 1. The minimum absolute atomic E-state index is 0.542. The van der Waals surface area contributed by atoms with E-state index in [2.05, 4.69) is 34.7 Å². The van der Waals surface area contributed by atoms with Crippen LogP contribution in [-0.4, -0.2) is 61.6 Å². The summed E-state index contributed by atoms with van der Waals surface area (Å²) in [6.07, 6.45) is 4.81. The van der Waals surface area contributed by atoms with E-state index in [4.69, 9.17) is 15.1 Å². The number of thioether (sulfide) groups is 1. The smallest absolute Gasteiger partial charge is 0.137 e. The first-order chi connectivity index (χ1) is 14.7. The van der Waals surface area contributed by atoms with Crippen LogP contribution in [0.5, 0.6) is 5.75 Å². The van der Waals surface area contributed by atoms with Gasteiger partial charge < -0.3 is 20.5 Å². The normalized spacial score (nSPS) is 17.8. The summed E-state index contributed by atoms with van der Waals surface area (Å²) in [6.45, 7) is 6.24. The molecule has 2 atom stereocenters. The van der Waals surface area contributed by atoms with Crippen molar-refractivity contribution in [3.05, 3.63) is 53.7 Å². The number of aromatic nitrogens is 1. The maximum absolute atomic E-state index is 9.01. The van der Waals surface area contributed by atoms with Crippen molar-refractivity contribution in [3.63, 3.8) is 0 Å². The molecule has 1 aliphatic heterocycles. The Bertz CT molecular complexity index is 765. The molecule has 6 nitrogen and oxygen atoms in total. The summed E-state index contributed by atoms with van der Waals surface area (Å²) in [4.78, 5) is 6.86. The summed E-state index contributed by atoms with van der Waals surface area (Å²) in [5.41, 5.74) is 6.47. The van der Waals surface area contributed by atoms with E-state index in [1.165, 1.54) is 12.6 Å². The highest BCUT2D eigenvalue weighted by molar-refractivity contribution is 7.98. The van der Waals surface area contributed by atoms with Crippen LogP contribution in [0, 0.1) is 23.2 Å². The first-order valence-electron chi connectivity index (χ1n) is 10.0. The lowest BCUT2D eigenvalue weighted by atomic mass is 9.99. The molecule has 0 spiro atoms. The van der Waals surface area contributed by atoms with E-state index in [1.54, 1.807) is 11.8 Å². The molecule has 7 heteroatoms. The summed E-state index contributed by atoms with van der Waals surface area (Å²) in [5, 5.41) is 17.0. The van der Waals surface area contributed by atoms with Crippen molar-refractivity contribution in [1.29, 1.82) is 5.26 Å². The summed E-state index contributed by atoms with van der Waals surface area (Å²) < 4.78 is 5.97. The van der Waals surface area contributed by atoms with Crippen LogP contribution < -0.4 is 10.5 Å². The Kier molecular flexibility index (Phi) is 12.8. The van der Waals surface area contributed by atoms with Crippen LogP contribution in [0.15, 0.2) is 47.6 Å². The first-order valence-corrected chi connectivity index (χ1v) is 11.3. The van der Waals surface area contributed by atoms with Crippen LogP contribution in [0.3, 0.4) is 0 Å². The van der Waals surface area contributed by atoms with Gasteiger partial charge in [0.2, 0.25) is 0 Å². The predicted octanol–water partition coefficient (Wildman–Crippen LogP) is 3.05. The topological polar surface area (TPSA) is 95.4 Å². The van der Waals surface area contributed by atoms with Crippen molar-refractivity contribution in [3.8, 4) is 11.8 Å². The highest BCUT2D eigenvalue weighted by Gasteiger charge is 2.29. The Labute approximate surface area is 185 Å². The molecular formula is C23H34N4O2S. The molecule has 2 aromatic rings. The monoisotopic (exact) mass is 430 g/mol. The number of hydrogen-bond acceptors (Lipinski definition) is 7. The van der Waals surface area contributed by atoms with Gasteiger partial charge in [-0.1, -0.05) is 19.1 Å². The molecule has 1 unspecified atom stereocenters. The zero-order valence-corrected chi connectivity index (χ0v) is 19.2. The number of rotatable bonds is 7. The molecule has 3 rings (SSSR count). The van der Waals surface area contributed by atoms with Crippen LogP contribution >= 0.6 is 11.8 Å². The number of nitrogens with two attached hydrogens (primary N) is 1. The molecule has 0 amide bonds. The van der Waals surface area contributed by atoms with Gasteiger partial charge in [0.25, 0.3) is 0 Å². The van der Waals surface area contributed by atoms with Gasteiger partial charge in [-0.3, -0.25) is 0 Å². The molecule has 0 saturated carbocycles. The first kappa shape index (κ1) is 25.9. The van der Waals surface area contributed by atoms with Gasteiger partial charge in [-0.15, -0.1) is 11.8 Å². The summed E-state index contributed by atoms with van der Waals surface area (Å²) in [7, 11) is 2.50. The third-order valence-corrected chi connectivity index (χ3v) is 5.66. The van der Waals surface area contributed by atoms with E-state index < -0.39 is 0 Å². The zero-order valence-electron chi connectivity index (χ0n) is 18.4. The van der Waals surface area contributed by atoms with Gasteiger partial charge in [-0.25, -0.2) is 4.98 Å². The molecule has 2 heterocycles. The second kappa shape index (κ2) is 14.8. The largest absolute Gasteiger partial charge is 0.492 e. The lowest BCUT2D eigenvalue weighted by Crippen LogP contribution is -2.24. The molecule has 1 saturated heterocycles. The van der Waals surface area contributed by atoms with Crippen LogP contribution in [0.4, 0.5) is 0 Å². The van der Waals surface area contributed by atoms with Crippen molar-refractivity contribution in [2.24, 2.45) is 17.6 Å². The van der Waals surface area contributed by atoms with Crippen molar-refractivity contribution < 1.29 is 9.84 Å². The fraction of sp³-hybridized carbons (Fsp3) is 0.478. The number of aliphatic hydroxyl groups excluding tert-OH is 1. The number of benzene rings is 1. The van der Waals surface area contributed by atoms with Gasteiger partial charge >= 0.3 is 0 Å². The van der Waals surface area contributed by atoms with Gasteiger partial charge in [0.15, 0.2) is 0 Å². The third-order valence-electron chi connectivity index (χ3n) is 5.00. The van der Waals surface area contributed by atoms with E-state index in [0.717, 1.165) is 56.1 Å². The quantitative estimate of drug-likeness (QED) is 0.652. The van der Waals surface area contributed by atoms with E-state index in [1.807, 2.05) is 42.8 Å². The van der Waals surface area contributed by atoms with Crippen LogP contribution in [-0.2, 0) is 6.42 Å². The predicted molar refractivity (Wildman–Crippen MR) is 124 cm³/mol. The summed E-state index contributed by atoms with van der Waals surface area (Å²) in [5.74, 6) is 2.02. The number of pyridine rings is 1. The van der Waals surface area contributed by atoms with E-state index >= 15 is 0 Å². The molecular weight excluding hydrogens is 396 g/mol. The van der Waals surface area contributed by atoms with Crippen molar-refractivity contribution in [2.75, 3.05) is 46.7 Å². The maximum Gasteiger partial charge on any atom is 0.137 e. The molecule has 0 aliphatic carbocycles. The molecule has 0 bridgehead atoms. The molecule has 1 aromatic heterocycles. The Morgan fingerprint density at radius 1 is 1.27 bits per heavy atom. The number of nitriles is 1. The average molecular weight is 431 g/mol. The van der Waals surface area contributed by atoms with E-state index in [0.29, 0.717) is 11.8 Å². The fourth-order valence-electron chi connectivity index (χ4n) is 3.40. The van der Waals surface area contributed by atoms with Gasteiger partial charge in [-0.05, 0) is 55.5 Å². The van der Waals surface area contributed by atoms with E-state index in [-0.39, 0.29) is 0 Å². The molecule has 3 N–H and O–H groups in total. The van der Waals surface area contributed by atoms with Crippen molar-refractivity contribution >= 4 is 11.8 Å². The van der Waals surface area contributed by atoms with Crippen molar-refractivity contribution in [2.45, 2.75) is 18.4 Å². The maximum atomic E-state index is 9.01. The minimum Gasteiger partial charge on any atom is -0.492 e. The summed E-state index contributed by atoms with van der Waals surface area (Å²) >= 11 is 1.64. The second-order valence-electron chi connectivity index (χ2n) is 6.91. The Morgan fingerprint density at radius 2 is 2.03 bits per heavy atom. The Morgan fingerprint density at radius 3 is 2.67 bits per heavy atom. The molecule has 164 valence electrons. The van der Waals surface area contributed by atoms with Gasteiger partial charge in [-0.2, -0.15) is 5.26 Å². The average Bonchev–Trinajstić information content (AvgIpc) is 3.18. The van der Waals surface area contributed by atoms with Gasteiger partial charge in [0.1, 0.15) is 5.75 Å². The Hall–Kier alpha value is -2.11. The van der Waals surface area contributed by atoms with Gasteiger partial charge in [0.05, 0.1) is 29.5 Å². The molecule has 1 fully saturated rings. The standard InChI is InChI=1S/C21H25N3OS.CH5N.CH4O/c1-16-13-24(9-8-17-4-3-5-18(10-17)11-22)14-19(16)15-25-20-6-7-21(26-2)23-12-20;2*1-2/h3-7,10,12,16,19H,8-9,13-15H2,1-2H3;2H2,1H3;2H,1H3/t16?,19-;;/m0../s1. The van der Waals surface area contributed by atoms with Crippen LogP contribution in [0.1, 0.15) is 18.1 Å². The third kappa shape index (κ3) is 8.33. The highest BCUT2D eigenvalue weighted by atomic mass is 32.2. The molecule has 0 radical (unpaired) electrons. The highest BCUT2D eigenvalue weighted by Crippen LogP contribution is 2.25. The van der Waals surface area contributed by atoms with E-state index in [9.17, 15) is 0 Å².